The van der Waals surface area contributed by atoms with Crippen LogP contribution in [0, 0.1) is 28.6 Å². The molecule has 1 aliphatic carbocycles. The zero-order valence-electron chi connectivity index (χ0n) is 12.7. The number of nitrogens with zero attached hydrogens (tertiary/aromatic N) is 1. The number of nitriles is 1. The van der Waals surface area contributed by atoms with Gasteiger partial charge in [-0.15, -0.1) is 0 Å². The summed E-state index contributed by atoms with van der Waals surface area (Å²) < 4.78 is 6.02. The Balaban J connectivity index is 2.54. The van der Waals surface area contributed by atoms with Gasteiger partial charge in [0.1, 0.15) is 0 Å². The first-order valence-electron chi connectivity index (χ1n) is 6.67. The van der Waals surface area contributed by atoms with Gasteiger partial charge in [-0.3, -0.25) is 0 Å². The van der Waals surface area contributed by atoms with Gasteiger partial charge in [-0.1, -0.05) is 34.6 Å². The van der Waals surface area contributed by atoms with Crippen molar-refractivity contribution in [2.45, 2.75) is 58.9 Å². The average Bonchev–Trinajstić information content (AvgIpc) is 2.75. The lowest BCUT2D eigenvalue weighted by Gasteiger charge is -2.36. The third-order valence-electron chi connectivity index (χ3n) is 4.89. The lowest BCUT2D eigenvalue weighted by atomic mass is 10.1. The summed E-state index contributed by atoms with van der Waals surface area (Å²) in [4.78, 5) is 0. The van der Waals surface area contributed by atoms with E-state index in [1.165, 1.54) is 0 Å². The predicted molar refractivity (Wildman–Crippen MR) is 75.5 cm³/mol. The summed E-state index contributed by atoms with van der Waals surface area (Å²) in [7, 11) is -1.81. The zero-order chi connectivity index (χ0) is 14.4. The zero-order valence-corrected chi connectivity index (χ0v) is 13.7. The third kappa shape index (κ3) is 2.79. The van der Waals surface area contributed by atoms with Gasteiger partial charge >= 0.3 is 0 Å². The first-order valence-corrected chi connectivity index (χ1v) is 9.57. The van der Waals surface area contributed by atoms with Crippen molar-refractivity contribution in [1.82, 2.24) is 0 Å². The smallest absolute Gasteiger partial charge is 0.192 e. The van der Waals surface area contributed by atoms with Crippen molar-refractivity contribution in [2.24, 2.45) is 17.3 Å². The van der Waals surface area contributed by atoms with E-state index in [2.05, 4.69) is 39.9 Å². The van der Waals surface area contributed by atoms with Crippen molar-refractivity contribution in [3.8, 4) is 6.07 Å². The molecule has 0 amide bonds. The van der Waals surface area contributed by atoms with Crippen LogP contribution < -0.4 is 0 Å². The molecule has 1 aliphatic rings. The van der Waals surface area contributed by atoms with E-state index in [0.717, 1.165) is 0 Å². The van der Waals surface area contributed by atoms with Crippen LogP contribution in [0.15, 0.2) is 0 Å². The molecule has 1 fully saturated rings. The maximum atomic E-state index is 10.2. The van der Waals surface area contributed by atoms with Gasteiger partial charge in [-0.2, -0.15) is 5.26 Å². The van der Waals surface area contributed by atoms with E-state index in [-0.39, 0.29) is 22.3 Å². The van der Waals surface area contributed by atoms with Gasteiger partial charge in [0.25, 0.3) is 0 Å². The van der Waals surface area contributed by atoms with Crippen molar-refractivity contribution in [3.05, 3.63) is 0 Å². The first-order chi connectivity index (χ1) is 7.95. The maximum Gasteiger partial charge on any atom is 0.192 e. The molecule has 0 spiro atoms. The van der Waals surface area contributed by atoms with E-state index in [9.17, 15) is 5.11 Å². The van der Waals surface area contributed by atoms with Crippen LogP contribution >= 0.6 is 0 Å². The minimum absolute atomic E-state index is 0.0319. The van der Waals surface area contributed by atoms with Crippen molar-refractivity contribution in [3.63, 3.8) is 0 Å². The molecule has 0 aromatic rings. The Morgan fingerprint density at radius 1 is 1.39 bits per heavy atom. The molecule has 0 saturated heterocycles. The summed E-state index contributed by atoms with van der Waals surface area (Å²) in [6.07, 6.45) is -0.515. The minimum atomic E-state index is -1.81. The average molecular weight is 269 g/mol. The highest BCUT2D eigenvalue weighted by Gasteiger charge is 2.61. The Morgan fingerprint density at radius 2 is 1.89 bits per heavy atom. The highest BCUT2D eigenvalue weighted by molar-refractivity contribution is 6.74. The molecule has 0 aromatic carbocycles. The predicted octanol–water partition coefficient (Wildman–Crippen LogP) is 3.16. The van der Waals surface area contributed by atoms with Gasteiger partial charge < -0.3 is 9.53 Å². The molecule has 18 heavy (non-hydrogen) atoms. The Kier molecular flexibility index (Phi) is 4.03. The second-order valence-electron chi connectivity index (χ2n) is 7.59. The molecule has 0 unspecified atom stereocenters. The third-order valence-corrected chi connectivity index (χ3v) is 9.39. The second-order valence-corrected chi connectivity index (χ2v) is 12.4. The van der Waals surface area contributed by atoms with Crippen molar-refractivity contribution in [1.29, 1.82) is 5.26 Å². The fraction of sp³-hybridized carbons (Fsp3) is 0.929. The van der Waals surface area contributed by atoms with Crippen molar-refractivity contribution < 1.29 is 9.53 Å². The molecular weight excluding hydrogens is 242 g/mol. The van der Waals surface area contributed by atoms with Crippen LogP contribution in [-0.2, 0) is 4.43 Å². The molecule has 1 saturated carbocycles. The van der Waals surface area contributed by atoms with Crippen LogP contribution in [0.2, 0.25) is 18.1 Å². The highest BCUT2D eigenvalue weighted by Crippen LogP contribution is 2.59. The summed E-state index contributed by atoms with van der Waals surface area (Å²) in [5.41, 5.74) is -0.0645. The quantitative estimate of drug-likeness (QED) is 0.798. The van der Waals surface area contributed by atoms with Gasteiger partial charge in [0.15, 0.2) is 8.32 Å². The largest absolute Gasteiger partial charge is 0.414 e. The first kappa shape index (κ1) is 15.7. The molecule has 4 heteroatoms. The summed E-state index contributed by atoms with van der Waals surface area (Å²) in [5, 5.41) is 19.4. The van der Waals surface area contributed by atoms with E-state index in [1.807, 2.05) is 13.8 Å². The molecule has 0 aromatic heterocycles. The monoisotopic (exact) mass is 269 g/mol. The van der Waals surface area contributed by atoms with Gasteiger partial charge in [0, 0.05) is 5.92 Å². The van der Waals surface area contributed by atoms with Gasteiger partial charge in [-0.25, -0.2) is 0 Å². The molecular formula is C14H27NO2Si. The SMILES string of the molecule is CC1(C)[C@H]([C@@H](O)CO[Si](C)(C)C(C)(C)C)[C@H]1C#N. The number of hydrogen-bond acceptors (Lipinski definition) is 3. The summed E-state index contributed by atoms with van der Waals surface area (Å²) in [6.45, 7) is 15.4. The molecule has 104 valence electrons. The van der Waals surface area contributed by atoms with Crippen LogP contribution in [0.1, 0.15) is 34.6 Å². The molecule has 1 N–H and O–H groups in total. The normalized spacial score (nSPS) is 28.6. The van der Waals surface area contributed by atoms with Crippen LogP contribution in [0.4, 0.5) is 0 Å². The van der Waals surface area contributed by atoms with Gasteiger partial charge in [0.05, 0.1) is 24.7 Å². The van der Waals surface area contributed by atoms with Crippen LogP contribution in [-0.4, -0.2) is 26.1 Å². The van der Waals surface area contributed by atoms with E-state index >= 15 is 0 Å². The highest BCUT2D eigenvalue weighted by atomic mass is 28.4. The van der Waals surface area contributed by atoms with Crippen LogP contribution in [0.25, 0.3) is 0 Å². The number of rotatable bonds is 4. The van der Waals surface area contributed by atoms with E-state index < -0.39 is 14.4 Å². The molecule has 0 bridgehead atoms. The summed E-state index contributed by atoms with van der Waals surface area (Å²) in [5.74, 6) is 0.0304. The molecule has 3 atom stereocenters. The van der Waals surface area contributed by atoms with E-state index in [0.29, 0.717) is 6.61 Å². The summed E-state index contributed by atoms with van der Waals surface area (Å²) in [6, 6.07) is 2.28. The Morgan fingerprint density at radius 3 is 2.22 bits per heavy atom. The Hall–Kier alpha value is -0.373. The second kappa shape index (κ2) is 4.63. The maximum absolute atomic E-state index is 10.2. The fourth-order valence-electron chi connectivity index (χ4n) is 2.26. The number of hydrogen-bond donors (Lipinski definition) is 1. The van der Waals surface area contributed by atoms with Crippen LogP contribution in [0.5, 0.6) is 0 Å². The standard InChI is InChI=1S/C14H27NO2Si/c1-13(2,3)18(6,7)17-9-11(16)12-10(8-15)14(12,4)5/h10-12,16H,9H2,1-7H3/t10-,11+,12+/m1/s1. The number of aliphatic hydroxyl groups excluding tert-OH is 1. The number of aliphatic hydroxyl groups is 1. The minimum Gasteiger partial charge on any atom is -0.414 e. The lowest BCUT2D eigenvalue weighted by molar-refractivity contribution is 0.0716. The topological polar surface area (TPSA) is 53.2 Å². The van der Waals surface area contributed by atoms with Gasteiger partial charge in [0.2, 0.25) is 0 Å². The lowest BCUT2D eigenvalue weighted by Crippen LogP contribution is -2.43. The molecule has 3 nitrogen and oxygen atoms in total. The molecule has 0 aliphatic heterocycles. The van der Waals surface area contributed by atoms with Crippen LogP contribution in [0.3, 0.4) is 0 Å². The Labute approximate surface area is 112 Å². The van der Waals surface area contributed by atoms with Crippen molar-refractivity contribution >= 4 is 8.32 Å². The Bertz CT molecular complexity index is 352. The molecule has 1 rings (SSSR count). The fourth-order valence-corrected chi connectivity index (χ4v) is 3.28. The van der Waals surface area contributed by atoms with Crippen molar-refractivity contribution in [2.75, 3.05) is 6.61 Å². The van der Waals surface area contributed by atoms with Gasteiger partial charge in [-0.05, 0) is 23.5 Å². The molecule has 0 radical (unpaired) electrons. The summed E-state index contributed by atoms with van der Waals surface area (Å²) >= 11 is 0. The molecule has 0 heterocycles. The van der Waals surface area contributed by atoms with E-state index in [1.54, 1.807) is 0 Å². The van der Waals surface area contributed by atoms with E-state index in [4.69, 9.17) is 9.69 Å².